The molecule has 0 bridgehead atoms. The molecule has 0 aliphatic carbocycles. The number of fused-ring (bicyclic) bond motifs is 1. The van der Waals surface area contributed by atoms with Gasteiger partial charge in [0.2, 0.25) is 5.95 Å². The molecule has 4 aromatic rings. The Morgan fingerprint density at radius 2 is 1.82 bits per heavy atom. The van der Waals surface area contributed by atoms with Crippen LogP contribution in [0.2, 0.25) is 0 Å². The molecule has 1 saturated heterocycles. The van der Waals surface area contributed by atoms with Crippen molar-refractivity contribution in [3.63, 3.8) is 0 Å². The van der Waals surface area contributed by atoms with E-state index in [4.69, 9.17) is 4.74 Å². The van der Waals surface area contributed by atoms with E-state index in [0.717, 1.165) is 5.39 Å². The number of amides is 1. The van der Waals surface area contributed by atoms with Crippen LogP contribution in [0.4, 0.5) is 4.39 Å². The number of ether oxygens (including phenoxy) is 1. The minimum absolute atomic E-state index is 0.0806. The molecule has 0 N–H and O–H groups in total. The summed E-state index contributed by atoms with van der Waals surface area (Å²) in [4.78, 5) is 24.2. The van der Waals surface area contributed by atoms with Crippen molar-refractivity contribution in [2.24, 2.45) is 0 Å². The van der Waals surface area contributed by atoms with Crippen molar-refractivity contribution in [2.75, 3.05) is 32.6 Å². The number of aromatic nitrogens is 3. The third-order valence-electron chi connectivity index (χ3n) is 5.66. The molecule has 1 aliphatic heterocycles. The predicted octanol–water partition coefficient (Wildman–Crippen LogP) is 3.44. The lowest BCUT2D eigenvalue weighted by molar-refractivity contribution is 0.0303. The first kappa shape index (κ1) is 21.4. The Balaban J connectivity index is 1.57. The summed E-state index contributed by atoms with van der Waals surface area (Å²) in [5.74, 6) is -0.0918. The maximum atomic E-state index is 14.1. The van der Waals surface area contributed by atoms with Crippen molar-refractivity contribution in [2.45, 2.75) is 4.90 Å². The molecular formula is C24H21FN4O3S. The fraction of sp³-hybridized carbons (Fsp3) is 0.208. The zero-order valence-corrected chi connectivity index (χ0v) is 18.7. The molecule has 33 heavy (non-hydrogen) atoms. The highest BCUT2D eigenvalue weighted by Crippen LogP contribution is 2.28. The van der Waals surface area contributed by atoms with E-state index in [1.165, 1.54) is 6.07 Å². The van der Waals surface area contributed by atoms with Crippen molar-refractivity contribution >= 4 is 27.6 Å². The monoisotopic (exact) mass is 464 g/mol. The molecule has 3 heterocycles. The van der Waals surface area contributed by atoms with Gasteiger partial charge in [0.15, 0.2) is 0 Å². The Morgan fingerprint density at radius 1 is 1.09 bits per heavy atom. The van der Waals surface area contributed by atoms with Gasteiger partial charge in [-0.3, -0.25) is 13.6 Å². The van der Waals surface area contributed by atoms with Gasteiger partial charge >= 0.3 is 0 Å². The van der Waals surface area contributed by atoms with Crippen LogP contribution in [0.15, 0.2) is 66.0 Å². The summed E-state index contributed by atoms with van der Waals surface area (Å²) in [5, 5.41) is 0.760. The zero-order chi connectivity index (χ0) is 22.9. The molecule has 0 spiro atoms. The van der Waals surface area contributed by atoms with Crippen molar-refractivity contribution in [3.05, 3.63) is 72.4 Å². The van der Waals surface area contributed by atoms with Gasteiger partial charge in [0, 0.05) is 60.0 Å². The third kappa shape index (κ3) is 4.05. The fourth-order valence-electron chi connectivity index (χ4n) is 3.95. The topological polar surface area (TPSA) is 77.3 Å². The molecule has 0 radical (unpaired) electrons. The number of halogens is 1. The summed E-state index contributed by atoms with van der Waals surface area (Å²) >= 11 is 0. The number of nitrogens with zero attached hydrogens (tertiary/aromatic N) is 4. The van der Waals surface area contributed by atoms with Crippen LogP contribution in [-0.4, -0.2) is 62.1 Å². The summed E-state index contributed by atoms with van der Waals surface area (Å²) in [5.41, 5.74) is 2.17. The predicted molar refractivity (Wildman–Crippen MR) is 123 cm³/mol. The average molecular weight is 465 g/mol. The lowest BCUT2D eigenvalue weighted by Crippen LogP contribution is -2.40. The van der Waals surface area contributed by atoms with E-state index in [1.54, 1.807) is 64.6 Å². The van der Waals surface area contributed by atoms with Gasteiger partial charge in [-0.2, -0.15) is 0 Å². The maximum absolute atomic E-state index is 14.1. The quantitative estimate of drug-likeness (QED) is 0.463. The lowest BCUT2D eigenvalue weighted by atomic mass is 10.1. The average Bonchev–Trinajstić information content (AvgIpc) is 3.24. The molecule has 2 aromatic carbocycles. The van der Waals surface area contributed by atoms with Gasteiger partial charge in [-0.05, 0) is 18.2 Å². The Bertz CT molecular complexity index is 1360. The number of benzene rings is 2. The molecule has 0 saturated carbocycles. The Morgan fingerprint density at radius 3 is 2.52 bits per heavy atom. The van der Waals surface area contributed by atoms with E-state index >= 15 is 0 Å². The lowest BCUT2D eigenvalue weighted by Gasteiger charge is -2.26. The number of hydrogen-bond acceptors (Lipinski definition) is 5. The van der Waals surface area contributed by atoms with E-state index in [2.05, 4.69) is 9.97 Å². The maximum Gasteiger partial charge on any atom is 0.254 e. The molecular weight excluding hydrogens is 443 g/mol. The van der Waals surface area contributed by atoms with E-state index in [9.17, 15) is 13.4 Å². The first-order valence-corrected chi connectivity index (χ1v) is 12.0. The Labute approximate surface area is 192 Å². The summed E-state index contributed by atoms with van der Waals surface area (Å²) in [6.07, 6.45) is 6.44. The van der Waals surface area contributed by atoms with Crippen LogP contribution in [-0.2, 0) is 15.5 Å². The number of carbonyl (C=O) groups excluding carboxylic acids is 1. The van der Waals surface area contributed by atoms with Crippen LogP contribution in [0.25, 0.3) is 28.0 Å². The number of carbonyl (C=O) groups is 1. The fourth-order valence-corrected chi connectivity index (χ4v) is 4.69. The van der Waals surface area contributed by atoms with Crippen LogP contribution < -0.4 is 0 Å². The summed E-state index contributed by atoms with van der Waals surface area (Å²) in [6, 6.07) is 11.8. The molecule has 1 amide bonds. The van der Waals surface area contributed by atoms with Gasteiger partial charge in [0.1, 0.15) is 5.82 Å². The SMILES string of the molecule is CS(=O)c1cn(-c2ncc(-c3ccccc3F)cn2)c2cc(C(=O)N3CCOCC3)ccc12. The molecule has 7 nitrogen and oxygen atoms in total. The van der Waals surface area contributed by atoms with Crippen molar-refractivity contribution in [1.29, 1.82) is 0 Å². The normalized spacial score (nSPS) is 15.0. The molecule has 1 aliphatic rings. The highest BCUT2D eigenvalue weighted by Gasteiger charge is 2.21. The van der Waals surface area contributed by atoms with Gasteiger partial charge < -0.3 is 9.64 Å². The van der Waals surface area contributed by atoms with Crippen LogP contribution in [0, 0.1) is 5.82 Å². The van der Waals surface area contributed by atoms with Crippen LogP contribution >= 0.6 is 0 Å². The second kappa shape index (κ2) is 8.84. The largest absolute Gasteiger partial charge is 0.378 e. The van der Waals surface area contributed by atoms with Crippen molar-refractivity contribution in [3.8, 4) is 17.1 Å². The van der Waals surface area contributed by atoms with Gasteiger partial charge in [-0.25, -0.2) is 14.4 Å². The Kier molecular flexibility index (Phi) is 5.74. The smallest absolute Gasteiger partial charge is 0.254 e. The summed E-state index contributed by atoms with van der Waals surface area (Å²) in [6.45, 7) is 2.13. The molecule has 1 fully saturated rings. The highest BCUT2D eigenvalue weighted by atomic mass is 32.2. The molecule has 9 heteroatoms. The highest BCUT2D eigenvalue weighted by molar-refractivity contribution is 7.84. The van der Waals surface area contributed by atoms with E-state index in [-0.39, 0.29) is 11.7 Å². The summed E-state index contributed by atoms with van der Waals surface area (Å²) in [7, 11) is -1.25. The number of rotatable bonds is 4. The van der Waals surface area contributed by atoms with Gasteiger partial charge in [-0.15, -0.1) is 0 Å². The minimum Gasteiger partial charge on any atom is -0.378 e. The molecule has 1 unspecified atom stereocenters. The minimum atomic E-state index is -1.25. The van der Waals surface area contributed by atoms with Crippen LogP contribution in [0.3, 0.4) is 0 Å². The molecule has 168 valence electrons. The van der Waals surface area contributed by atoms with E-state index < -0.39 is 10.8 Å². The van der Waals surface area contributed by atoms with Gasteiger partial charge in [0.05, 0.1) is 34.4 Å². The number of morpholine rings is 1. The summed E-state index contributed by atoms with van der Waals surface area (Å²) < 4.78 is 33.6. The van der Waals surface area contributed by atoms with Crippen molar-refractivity contribution < 1.29 is 18.1 Å². The zero-order valence-electron chi connectivity index (χ0n) is 17.9. The first-order valence-electron chi connectivity index (χ1n) is 10.5. The van der Waals surface area contributed by atoms with E-state index in [1.807, 2.05) is 6.07 Å². The number of hydrogen-bond donors (Lipinski definition) is 0. The van der Waals surface area contributed by atoms with Gasteiger partial charge in [-0.1, -0.05) is 24.3 Å². The third-order valence-corrected chi connectivity index (χ3v) is 6.61. The molecule has 1 atom stereocenters. The Hall–Kier alpha value is -3.43. The van der Waals surface area contributed by atoms with Gasteiger partial charge in [0.25, 0.3) is 5.91 Å². The second-order valence-corrected chi connectivity index (χ2v) is 9.05. The standard InChI is InChI=1S/C24H21FN4O3S/c1-33(31)22-15-29(24-26-13-17(14-27-24)18-4-2-3-5-20(18)25)21-12-16(6-7-19(21)22)23(30)28-8-10-32-11-9-28/h2-7,12-15H,8-11H2,1H3. The molecule has 2 aromatic heterocycles. The first-order chi connectivity index (χ1) is 16.0. The van der Waals surface area contributed by atoms with Crippen LogP contribution in [0.5, 0.6) is 0 Å². The van der Waals surface area contributed by atoms with Crippen molar-refractivity contribution in [1.82, 2.24) is 19.4 Å². The van der Waals surface area contributed by atoms with E-state index in [0.29, 0.717) is 59.4 Å². The van der Waals surface area contributed by atoms with Crippen LogP contribution in [0.1, 0.15) is 10.4 Å². The second-order valence-electron chi connectivity index (χ2n) is 7.71. The molecule has 5 rings (SSSR count).